The Morgan fingerprint density at radius 3 is 2.69 bits per heavy atom. The van der Waals surface area contributed by atoms with Gasteiger partial charge in [0, 0.05) is 28.5 Å². The van der Waals surface area contributed by atoms with E-state index >= 15 is 0 Å². The van der Waals surface area contributed by atoms with Crippen molar-refractivity contribution >= 4 is 32.7 Å². The van der Waals surface area contributed by atoms with Crippen LogP contribution in [0.1, 0.15) is 10.4 Å². The number of ether oxygens (including phenoxy) is 1. The van der Waals surface area contributed by atoms with Crippen LogP contribution in [0, 0.1) is 0 Å². The monoisotopic (exact) mass is 452 g/mol. The molecule has 29 heavy (non-hydrogen) atoms. The minimum absolute atomic E-state index is 0.0210. The van der Waals surface area contributed by atoms with Crippen molar-refractivity contribution in [3.63, 3.8) is 0 Å². The minimum atomic E-state index is 0.0210. The first kappa shape index (κ1) is 18.0. The van der Waals surface area contributed by atoms with Gasteiger partial charge in [0.1, 0.15) is 11.4 Å². The number of nitrogens with zero attached hydrogens (tertiary/aromatic N) is 5. The number of halogens is 1. The van der Waals surface area contributed by atoms with Crippen LogP contribution in [-0.2, 0) is 4.74 Å². The van der Waals surface area contributed by atoms with Gasteiger partial charge >= 0.3 is 0 Å². The lowest BCUT2D eigenvalue weighted by Gasteiger charge is -2.26. The van der Waals surface area contributed by atoms with Gasteiger partial charge in [-0.05, 0) is 42.5 Å². The fraction of sp³-hybridized carbons (Fsp3) is 0.200. The molecule has 146 valence electrons. The fourth-order valence-corrected chi connectivity index (χ4v) is 3.75. The molecule has 2 aromatic carbocycles. The summed E-state index contributed by atoms with van der Waals surface area (Å²) in [4.78, 5) is 14.4. The molecule has 0 radical (unpaired) electrons. The summed E-state index contributed by atoms with van der Waals surface area (Å²) in [6.07, 6.45) is 1.83. The number of aromatic amines is 1. The molecule has 0 unspecified atom stereocenters. The highest BCUT2D eigenvalue weighted by molar-refractivity contribution is 9.10. The van der Waals surface area contributed by atoms with Crippen molar-refractivity contribution in [2.75, 3.05) is 26.3 Å². The number of morpholine rings is 1. The van der Waals surface area contributed by atoms with Crippen molar-refractivity contribution < 1.29 is 9.53 Å². The van der Waals surface area contributed by atoms with Crippen LogP contribution in [0.3, 0.4) is 0 Å². The van der Waals surface area contributed by atoms with E-state index in [0.717, 1.165) is 26.8 Å². The Labute approximate surface area is 174 Å². The van der Waals surface area contributed by atoms with E-state index in [0.29, 0.717) is 37.6 Å². The summed E-state index contributed by atoms with van der Waals surface area (Å²) in [6.45, 7) is 2.43. The van der Waals surface area contributed by atoms with Gasteiger partial charge in [0.15, 0.2) is 0 Å². The highest BCUT2D eigenvalue weighted by Crippen LogP contribution is 2.27. The van der Waals surface area contributed by atoms with Crippen molar-refractivity contribution in [2.45, 2.75) is 0 Å². The summed E-state index contributed by atoms with van der Waals surface area (Å²) in [5.74, 6) is 0.0210. The number of aromatic nitrogens is 5. The average Bonchev–Trinajstić information content (AvgIpc) is 3.41. The van der Waals surface area contributed by atoms with Crippen LogP contribution >= 0.6 is 15.9 Å². The van der Waals surface area contributed by atoms with E-state index in [-0.39, 0.29) is 5.91 Å². The number of fused-ring (bicyclic) bond motifs is 1. The zero-order valence-corrected chi connectivity index (χ0v) is 17.0. The molecule has 0 saturated carbocycles. The van der Waals surface area contributed by atoms with Gasteiger partial charge in [0.25, 0.3) is 5.91 Å². The van der Waals surface area contributed by atoms with Crippen LogP contribution in [0.15, 0.2) is 53.1 Å². The first-order valence-corrected chi connectivity index (χ1v) is 10.0. The number of carbonyl (C=O) groups excluding carboxylic acids is 1. The Kier molecular flexibility index (Phi) is 4.61. The second-order valence-electron chi connectivity index (χ2n) is 6.76. The van der Waals surface area contributed by atoms with E-state index in [4.69, 9.17) is 4.74 Å². The molecule has 1 fully saturated rings. The molecule has 1 amide bonds. The number of rotatable bonds is 3. The summed E-state index contributed by atoms with van der Waals surface area (Å²) in [7, 11) is 0. The number of amides is 1. The van der Waals surface area contributed by atoms with E-state index in [9.17, 15) is 4.79 Å². The van der Waals surface area contributed by atoms with Gasteiger partial charge < -0.3 is 9.64 Å². The second kappa shape index (κ2) is 7.41. The van der Waals surface area contributed by atoms with Crippen LogP contribution in [0.25, 0.3) is 28.0 Å². The third-order valence-electron chi connectivity index (χ3n) is 4.94. The molecule has 9 heteroatoms. The van der Waals surface area contributed by atoms with Gasteiger partial charge in [0.2, 0.25) is 0 Å². The average molecular weight is 453 g/mol. The van der Waals surface area contributed by atoms with Crippen LogP contribution in [0.2, 0.25) is 0 Å². The molecule has 3 heterocycles. The number of carbonyl (C=O) groups is 1. The largest absolute Gasteiger partial charge is 0.378 e. The van der Waals surface area contributed by atoms with Crippen molar-refractivity contribution in [3.8, 4) is 17.1 Å². The molecule has 0 atom stereocenters. The first-order valence-electron chi connectivity index (χ1n) is 9.23. The zero-order chi connectivity index (χ0) is 19.8. The van der Waals surface area contributed by atoms with E-state index in [1.807, 2.05) is 53.6 Å². The molecule has 2 aromatic heterocycles. The lowest BCUT2D eigenvalue weighted by atomic mass is 10.1. The Hall–Kier alpha value is -3.04. The van der Waals surface area contributed by atoms with Crippen LogP contribution in [-0.4, -0.2) is 62.3 Å². The van der Waals surface area contributed by atoms with E-state index in [1.54, 1.807) is 4.68 Å². The number of H-pyrrole nitrogens is 1. The Balaban J connectivity index is 1.40. The Morgan fingerprint density at radius 1 is 1.10 bits per heavy atom. The number of nitrogens with one attached hydrogen (secondary N) is 1. The van der Waals surface area contributed by atoms with Crippen LogP contribution < -0.4 is 0 Å². The van der Waals surface area contributed by atoms with E-state index in [1.165, 1.54) is 0 Å². The van der Waals surface area contributed by atoms with Crippen molar-refractivity contribution in [1.29, 1.82) is 0 Å². The first-order chi connectivity index (χ1) is 14.2. The third-order valence-corrected chi connectivity index (χ3v) is 5.43. The summed E-state index contributed by atoms with van der Waals surface area (Å²) in [6, 6.07) is 13.3. The van der Waals surface area contributed by atoms with Gasteiger partial charge in [-0.1, -0.05) is 21.1 Å². The van der Waals surface area contributed by atoms with Crippen LogP contribution in [0.5, 0.6) is 0 Å². The molecule has 5 rings (SSSR count). The normalized spacial score (nSPS) is 14.4. The highest BCUT2D eigenvalue weighted by atomic mass is 79.9. The van der Waals surface area contributed by atoms with Gasteiger partial charge in [0.05, 0.1) is 30.6 Å². The van der Waals surface area contributed by atoms with E-state index < -0.39 is 0 Å². The lowest BCUT2D eigenvalue weighted by Crippen LogP contribution is -2.40. The minimum Gasteiger partial charge on any atom is -0.378 e. The van der Waals surface area contributed by atoms with E-state index in [2.05, 4.69) is 36.4 Å². The Bertz CT molecular complexity index is 1180. The zero-order valence-electron chi connectivity index (χ0n) is 15.4. The molecular formula is C20H17BrN6O2. The fourth-order valence-electron chi connectivity index (χ4n) is 3.39. The molecule has 1 aliphatic heterocycles. The molecule has 0 spiro atoms. The van der Waals surface area contributed by atoms with Gasteiger partial charge in [-0.15, -0.1) is 5.10 Å². The van der Waals surface area contributed by atoms with Crippen molar-refractivity contribution in [2.24, 2.45) is 0 Å². The summed E-state index contributed by atoms with van der Waals surface area (Å²) in [5, 5.41) is 16.9. The SMILES string of the molecule is O=C(c1ccc(-n2cc(-c3n[nH]c4ccc(Br)cc34)nn2)cc1)N1CCOCC1. The van der Waals surface area contributed by atoms with Crippen LogP contribution in [0.4, 0.5) is 0 Å². The van der Waals surface area contributed by atoms with Crippen molar-refractivity contribution in [3.05, 3.63) is 58.7 Å². The number of benzene rings is 2. The third kappa shape index (κ3) is 3.43. The molecular weight excluding hydrogens is 436 g/mol. The number of hydrogen-bond acceptors (Lipinski definition) is 5. The predicted octanol–water partition coefficient (Wildman–Crippen LogP) is 3.05. The molecule has 1 saturated heterocycles. The topological polar surface area (TPSA) is 88.9 Å². The molecule has 1 N–H and O–H groups in total. The predicted molar refractivity (Wildman–Crippen MR) is 111 cm³/mol. The standard InChI is InChI=1S/C20H17BrN6O2/c21-14-3-6-17-16(11-14)19(24-22-17)18-12-27(25-23-18)15-4-1-13(2-5-15)20(28)26-7-9-29-10-8-26/h1-6,11-12H,7-10H2,(H,22,24). The molecule has 0 aliphatic carbocycles. The summed E-state index contributed by atoms with van der Waals surface area (Å²) in [5.41, 5.74) is 3.82. The second-order valence-corrected chi connectivity index (χ2v) is 7.68. The molecule has 0 bridgehead atoms. The molecule has 4 aromatic rings. The lowest BCUT2D eigenvalue weighted by molar-refractivity contribution is 0.0303. The van der Waals surface area contributed by atoms with Gasteiger partial charge in [-0.3, -0.25) is 9.89 Å². The quantitative estimate of drug-likeness (QED) is 0.515. The molecule has 1 aliphatic rings. The Morgan fingerprint density at radius 2 is 1.90 bits per heavy atom. The highest BCUT2D eigenvalue weighted by Gasteiger charge is 2.18. The smallest absolute Gasteiger partial charge is 0.254 e. The summed E-state index contributed by atoms with van der Waals surface area (Å²) >= 11 is 3.49. The maximum Gasteiger partial charge on any atom is 0.254 e. The maximum atomic E-state index is 12.6. The van der Waals surface area contributed by atoms with Gasteiger partial charge in [-0.2, -0.15) is 5.10 Å². The maximum absolute atomic E-state index is 12.6. The molecule has 8 nitrogen and oxygen atoms in total. The van der Waals surface area contributed by atoms with Crippen molar-refractivity contribution in [1.82, 2.24) is 30.1 Å². The van der Waals surface area contributed by atoms with Gasteiger partial charge in [-0.25, -0.2) is 4.68 Å². The summed E-state index contributed by atoms with van der Waals surface area (Å²) < 4.78 is 7.96. The number of hydrogen-bond donors (Lipinski definition) is 1.